The van der Waals surface area contributed by atoms with Crippen molar-refractivity contribution in [2.75, 3.05) is 6.54 Å². The van der Waals surface area contributed by atoms with Crippen molar-refractivity contribution in [3.05, 3.63) is 35.4 Å². The fourth-order valence-electron chi connectivity index (χ4n) is 4.23. The SMILES string of the molecule is C#Cc1ccc(C(C(=O)NCCCCC)N(C(=O)C(CC(N)=O)NC(=O)OC(C)(C)C)C(C)CCC(C)C)cc1. The molecular weight excluding hydrogens is 508 g/mol. The minimum Gasteiger partial charge on any atom is -0.444 e. The van der Waals surface area contributed by atoms with E-state index in [9.17, 15) is 19.2 Å². The lowest BCUT2D eigenvalue weighted by Gasteiger charge is -2.38. The van der Waals surface area contributed by atoms with Crippen molar-refractivity contribution in [2.45, 2.75) is 111 Å². The first kappa shape index (κ1) is 34.5. The molecule has 0 bridgehead atoms. The summed E-state index contributed by atoms with van der Waals surface area (Å²) in [5.74, 6) is 1.19. The molecule has 1 rings (SSSR count). The standard InChI is InChI=1S/C31H48N4O5/c1-9-11-12-19-33-28(37)27(24-17-15-23(10-2)16-18-24)35(22(5)14-13-21(3)4)29(38)25(20-26(32)36)34-30(39)40-31(6,7)8/h2,15-18,21-22,25,27H,9,11-14,19-20H2,1,3-8H3,(H2,32,36)(H,33,37)(H,34,39). The summed E-state index contributed by atoms with van der Waals surface area (Å²) in [5.41, 5.74) is 5.85. The molecule has 4 amide bonds. The van der Waals surface area contributed by atoms with Gasteiger partial charge in [0.15, 0.2) is 0 Å². The summed E-state index contributed by atoms with van der Waals surface area (Å²) in [6.07, 6.45) is 8.37. The van der Waals surface area contributed by atoms with Gasteiger partial charge in [-0.05, 0) is 70.6 Å². The third-order valence-corrected chi connectivity index (χ3v) is 6.28. The summed E-state index contributed by atoms with van der Waals surface area (Å²) in [7, 11) is 0. The Morgan fingerprint density at radius 3 is 2.17 bits per heavy atom. The second-order valence-electron chi connectivity index (χ2n) is 11.6. The lowest BCUT2D eigenvalue weighted by molar-refractivity contribution is -0.146. The predicted octanol–water partition coefficient (Wildman–Crippen LogP) is 4.44. The second-order valence-corrected chi connectivity index (χ2v) is 11.6. The van der Waals surface area contributed by atoms with Gasteiger partial charge in [0.1, 0.15) is 17.7 Å². The zero-order chi connectivity index (χ0) is 30.5. The number of hydrogen-bond donors (Lipinski definition) is 3. The molecule has 0 aliphatic carbocycles. The van der Waals surface area contributed by atoms with Crippen molar-refractivity contribution in [1.82, 2.24) is 15.5 Å². The van der Waals surface area contributed by atoms with Gasteiger partial charge in [-0.1, -0.05) is 51.7 Å². The van der Waals surface area contributed by atoms with Gasteiger partial charge < -0.3 is 26.0 Å². The molecule has 40 heavy (non-hydrogen) atoms. The van der Waals surface area contributed by atoms with E-state index in [1.54, 1.807) is 45.0 Å². The van der Waals surface area contributed by atoms with Gasteiger partial charge in [-0.15, -0.1) is 6.42 Å². The monoisotopic (exact) mass is 556 g/mol. The highest BCUT2D eigenvalue weighted by Gasteiger charge is 2.39. The number of ether oxygens (including phenoxy) is 1. The maximum absolute atomic E-state index is 14.2. The van der Waals surface area contributed by atoms with E-state index in [-0.39, 0.29) is 5.91 Å². The van der Waals surface area contributed by atoms with E-state index in [4.69, 9.17) is 16.9 Å². The van der Waals surface area contributed by atoms with Crippen LogP contribution in [0.25, 0.3) is 0 Å². The van der Waals surface area contributed by atoms with Crippen molar-refractivity contribution < 1.29 is 23.9 Å². The van der Waals surface area contributed by atoms with Crippen LogP contribution in [0, 0.1) is 18.3 Å². The number of primary amides is 1. The van der Waals surface area contributed by atoms with E-state index in [1.807, 2.05) is 6.92 Å². The van der Waals surface area contributed by atoms with Crippen LogP contribution in [-0.2, 0) is 19.1 Å². The number of carbonyl (C=O) groups is 4. The van der Waals surface area contributed by atoms with E-state index < -0.39 is 48.1 Å². The highest BCUT2D eigenvalue weighted by Crippen LogP contribution is 2.28. The molecule has 0 aromatic heterocycles. The first-order valence-corrected chi connectivity index (χ1v) is 14.1. The number of hydrogen-bond acceptors (Lipinski definition) is 5. The Morgan fingerprint density at radius 2 is 1.68 bits per heavy atom. The number of nitrogens with zero attached hydrogens (tertiary/aromatic N) is 1. The maximum atomic E-state index is 14.2. The van der Waals surface area contributed by atoms with Crippen molar-refractivity contribution in [1.29, 1.82) is 0 Å². The fourth-order valence-corrected chi connectivity index (χ4v) is 4.23. The smallest absolute Gasteiger partial charge is 0.408 e. The lowest BCUT2D eigenvalue weighted by Crippen LogP contribution is -2.56. The first-order chi connectivity index (χ1) is 18.7. The van der Waals surface area contributed by atoms with Crippen LogP contribution in [0.3, 0.4) is 0 Å². The van der Waals surface area contributed by atoms with Crippen molar-refractivity contribution in [3.8, 4) is 12.3 Å². The first-order valence-electron chi connectivity index (χ1n) is 14.1. The molecule has 0 spiro atoms. The van der Waals surface area contributed by atoms with Gasteiger partial charge in [0.05, 0.1) is 6.42 Å². The summed E-state index contributed by atoms with van der Waals surface area (Å²) in [4.78, 5) is 54.1. The average molecular weight is 557 g/mol. The van der Waals surface area contributed by atoms with Crippen LogP contribution in [0.4, 0.5) is 4.79 Å². The second kappa shape index (κ2) is 16.5. The molecule has 9 heteroatoms. The van der Waals surface area contributed by atoms with E-state index in [2.05, 4.69) is 37.3 Å². The molecule has 0 saturated carbocycles. The van der Waals surface area contributed by atoms with Crippen LogP contribution in [0.1, 0.15) is 104 Å². The Labute approximate surface area is 240 Å². The average Bonchev–Trinajstić information content (AvgIpc) is 2.86. The molecular formula is C31H48N4O5. The van der Waals surface area contributed by atoms with Crippen molar-refractivity contribution in [2.24, 2.45) is 11.7 Å². The van der Waals surface area contributed by atoms with Gasteiger partial charge in [-0.25, -0.2) is 4.79 Å². The number of alkyl carbamates (subject to hydrolysis) is 1. The largest absolute Gasteiger partial charge is 0.444 e. The van der Waals surface area contributed by atoms with Crippen LogP contribution in [-0.4, -0.2) is 52.9 Å². The highest BCUT2D eigenvalue weighted by atomic mass is 16.6. The highest BCUT2D eigenvalue weighted by molar-refractivity contribution is 5.94. The number of nitrogens with one attached hydrogen (secondary N) is 2. The fraction of sp³-hybridized carbons (Fsp3) is 0.613. The molecule has 0 radical (unpaired) electrons. The molecule has 0 aliphatic rings. The number of nitrogens with two attached hydrogens (primary N) is 1. The number of terminal acetylenes is 1. The number of unbranched alkanes of at least 4 members (excludes halogenated alkanes) is 2. The molecule has 0 aliphatic heterocycles. The number of amides is 4. The van der Waals surface area contributed by atoms with Gasteiger partial charge in [0.2, 0.25) is 17.7 Å². The summed E-state index contributed by atoms with van der Waals surface area (Å²) in [6, 6.07) is 4.12. The van der Waals surface area contributed by atoms with Crippen LogP contribution < -0.4 is 16.4 Å². The van der Waals surface area contributed by atoms with Crippen molar-refractivity contribution in [3.63, 3.8) is 0 Å². The summed E-state index contributed by atoms with van der Waals surface area (Å²) in [6.45, 7) is 13.6. The minimum atomic E-state index is -1.32. The zero-order valence-corrected chi connectivity index (χ0v) is 25.2. The van der Waals surface area contributed by atoms with Crippen molar-refractivity contribution >= 4 is 23.8 Å². The molecule has 3 atom stereocenters. The molecule has 9 nitrogen and oxygen atoms in total. The van der Waals surface area contributed by atoms with Gasteiger partial charge in [0.25, 0.3) is 0 Å². The molecule has 1 aromatic carbocycles. The van der Waals surface area contributed by atoms with E-state index in [0.717, 1.165) is 25.7 Å². The minimum absolute atomic E-state index is 0.357. The predicted molar refractivity (Wildman–Crippen MR) is 157 cm³/mol. The molecule has 0 heterocycles. The normalized spacial score (nSPS) is 13.5. The molecule has 0 saturated heterocycles. The van der Waals surface area contributed by atoms with Crippen LogP contribution in [0.15, 0.2) is 24.3 Å². The Balaban J connectivity index is 3.60. The Kier molecular flexibility index (Phi) is 14.3. The quantitative estimate of drug-likeness (QED) is 0.217. The van der Waals surface area contributed by atoms with Gasteiger partial charge in [-0.3, -0.25) is 14.4 Å². The van der Waals surface area contributed by atoms with E-state index in [0.29, 0.717) is 30.0 Å². The Morgan fingerprint density at radius 1 is 1.05 bits per heavy atom. The van der Waals surface area contributed by atoms with E-state index in [1.165, 1.54) is 4.90 Å². The Bertz CT molecular complexity index is 1020. The third kappa shape index (κ3) is 12.1. The summed E-state index contributed by atoms with van der Waals surface area (Å²) >= 11 is 0. The van der Waals surface area contributed by atoms with Gasteiger partial charge in [0, 0.05) is 18.2 Å². The number of carbonyl (C=O) groups excluding carboxylic acids is 4. The molecule has 1 aromatic rings. The molecule has 3 unspecified atom stereocenters. The molecule has 0 fully saturated rings. The Hall–Kier alpha value is -3.54. The number of rotatable bonds is 15. The van der Waals surface area contributed by atoms with Gasteiger partial charge in [-0.2, -0.15) is 0 Å². The van der Waals surface area contributed by atoms with Crippen LogP contribution >= 0.6 is 0 Å². The molecule has 4 N–H and O–H groups in total. The summed E-state index contributed by atoms with van der Waals surface area (Å²) in [5, 5.41) is 5.49. The third-order valence-electron chi connectivity index (χ3n) is 6.28. The maximum Gasteiger partial charge on any atom is 0.408 e. The van der Waals surface area contributed by atoms with Crippen LogP contribution in [0.2, 0.25) is 0 Å². The topological polar surface area (TPSA) is 131 Å². The van der Waals surface area contributed by atoms with E-state index >= 15 is 0 Å². The number of benzene rings is 1. The van der Waals surface area contributed by atoms with Crippen LogP contribution in [0.5, 0.6) is 0 Å². The van der Waals surface area contributed by atoms with Gasteiger partial charge >= 0.3 is 6.09 Å². The summed E-state index contributed by atoms with van der Waals surface area (Å²) < 4.78 is 5.34. The lowest BCUT2D eigenvalue weighted by atomic mass is 9.96. The zero-order valence-electron chi connectivity index (χ0n) is 25.2. The molecule has 222 valence electrons.